The van der Waals surface area contributed by atoms with Crippen LogP contribution in [0.5, 0.6) is 5.75 Å². The average molecular weight is 309 g/mol. The largest absolute Gasteiger partial charge is 0.496 e. The minimum Gasteiger partial charge on any atom is -0.496 e. The minimum absolute atomic E-state index is 0.0856. The van der Waals surface area contributed by atoms with Crippen LogP contribution >= 0.6 is 23.8 Å². The Morgan fingerprint density at radius 2 is 2.20 bits per heavy atom. The van der Waals surface area contributed by atoms with E-state index in [1.165, 1.54) is 4.57 Å². The normalized spacial score (nSPS) is 10.3. The molecule has 20 heavy (non-hydrogen) atoms. The minimum atomic E-state index is -0.234. The van der Waals surface area contributed by atoms with E-state index in [0.29, 0.717) is 22.9 Å². The van der Waals surface area contributed by atoms with Gasteiger partial charge in [-0.25, -0.2) is 0 Å². The van der Waals surface area contributed by atoms with Crippen LogP contribution in [0.3, 0.4) is 0 Å². The van der Waals surface area contributed by atoms with Gasteiger partial charge in [0, 0.05) is 16.8 Å². The summed E-state index contributed by atoms with van der Waals surface area (Å²) in [6.07, 6.45) is 1.67. The van der Waals surface area contributed by atoms with Gasteiger partial charge in [-0.15, -0.1) is 0 Å². The van der Waals surface area contributed by atoms with Crippen molar-refractivity contribution in [2.24, 2.45) is 5.73 Å². The topological polar surface area (TPSA) is 57.2 Å². The van der Waals surface area contributed by atoms with Gasteiger partial charge in [0.15, 0.2) is 0 Å². The number of nitrogens with zero attached hydrogens (tertiary/aromatic N) is 1. The summed E-state index contributed by atoms with van der Waals surface area (Å²) in [4.78, 5) is 12.3. The highest BCUT2D eigenvalue weighted by atomic mass is 35.5. The van der Waals surface area contributed by atoms with Gasteiger partial charge < -0.3 is 15.0 Å². The lowest BCUT2D eigenvalue weighted by molar-refractivity contribution is 0.408. The number of hydrogen-bond donors (Lipinski definition) is 1. The maximum atomic E-state index is 12.2. The lowest BCUT2D eigenvalue weighted by atomic mass is 10.2. The van der Waals surface area contributed by atoms with Crippen LogP contribution in [-0.4, -0.2) is 16.7 Å². The van der Waals surface area contributed by atoms with Crippen molar-refractivity contribution in [1.29, 1.82) is 0 Å². The van der Waals surface area contributed by atoms with Crippen molar-refractivity contribution in [1.82, 2.24) is 4.57 Å². The fourth-order valence-corrected chi connectivity index (χ4v) is 2.25. The first-order valence-electron chi connectivity index (χ1n) is 5.84. The first-order chi connectivity index (χ1) is 9.52. The molecule has 0 aliphatic rings. The number of ether oxygens (including phenoxy) is 1. The van der Waals surface area contributed by atoms with E-state index in [0.717, 1.165) is 5.56 Å². The lowest BCUT2D eigenvalue weighted by Gasteiger charge is -2.11. The standard InChI is InChI=1S/C14H13ClN2O2S/c1-19-12-5-4-10(15)7-9(12)8-17-6-2-3-11(13(16)20)14(17)18/h2-7H,8H2,1H3,(H2,16,20). The predicted molar refractivity (Wildman–Crippen MR) is 83.7 cm³/mol. The summed E-state index contributed by atoms with van der Waals surface area (Å²) < 4.78 is 6.78. The number of aromatic nitrogens is 1. The molecule has 0 fully saturated rings. The van der Waals surface area contributed by atoms with Gasteiger partial charge in [0.25, 0.3) is 5.56 Å². The van der Waals surface area contributed by atoms with Crippen molar-refractivity contribution in [3.8, 4) is 5.75 Å². The Balaban J connectivity index is 2.45. The first kappa shape index (κ1) is 14.6. The van der Waals surface area contributed by atoms with Gasteiger partial charge in [-0.1, -0.05) is 23.8 Å². The molecule has 0 saturated heterocycles. The van der Waals surface area contributed by atoms with Crippen molar-refractivity contribution < 1.29 is 4.74 Å². The molecule has 1 heterocycles. The molecular weight excluding hydrogens is 296 g/mol. The fourth-order valence-electron chi connectivity index (χ4n) is 1.90. The zero-order valence-corrected chi connectivity index (χ0v) is 12.4. The Kier molecular flexibility index (Phi) is 4.42. The molecule has 2 aromatic rings. The summed E-state index contributed by atoms with van der Waals surface area (Å²) in [6.45, 7) is 0.332. The van der Waals surface area contributed by atoms with Gasteiger partial charge in [0.2, 0.25) is 0 Å². The van der Waals surface area contributed by atoms with Crippen LogP contribution in [0.25, 0.3) is 0 Å². The maximum absolute atomic E-state index is 12.2. The van der Waals surface area contributed by atoms with Gasteiger partial charge in [-0.05, 0) is 30.3 Å². The molecule has 104 valence electrons. The Labute approximate surface area is 126 Å². The van der Waals surface area contributed by atoms with Crippen molar-refractivity contribution >= 4 is 28.8 Å². The molecule has 6 heteroatoms. The molecule has 0 aliphatic heterocycles. The number of hydrogen-bond acceptors (Lipinski definition) is 3. The first-order valence-corrected chi connectivity index (χ1v) is 6.63. The smallest absolute Gasteiger partial charge is 0.261 e. The molecule has 1 aromatic heterocycles. The Bertz CT molecular complexity index is 713. The van der Waals surface area contributed by atoms with Crippen molar-refractivity contribution in [2.45, 2.75) is 6.54 Å². The number of thiocarbonyl (C=S) groups is 1. The van der Waals surface area contributed by atoms with Crippen LogP contribution < -0.4 is 16.0 Å². The summed E-state index contributed by atoms with van der Waals surface area (Å²) in [5, 5.41) is 0.583. The fraction of sp³-hybridized carbons (Fsp3) is 0.143. The third-order valence-electron chi connectivity index (χ3n) is 2.87. The van der Waals surface area contributed by atoms with E-state index < -0.39 is 0 Å². The average Bonchev–Trinajstić information content (AvgIpc) is 2.41. The second kappa shape index (κ2) is 6.07. The van der Waals surface area contributed by atoms with Gasteiger partial charge in [-0.3, -0.25) is 4.79 Å². The number of halogens is 1. The molecule has 2 N–H and O–H groups in total. The molecule has 1 aromatic carbocycles. The van der Waals surface area contributed by atoms with Crippen molar-refractivity contribution in [2.75, 3.05) is 7.11 Å². The summed E-state index contributed by atoms with van der Waals surface area (Å²) in [7, 11) is 1.57. The third kappa shape index (κ3) is 3.00. The third-order valence-corrected chi connectivity index (χ3v) is 3.32. The van der Waals surface area contributed by atoms with Gasteiger partial charge in [0.05, 0.1) is 19.2 Å². The van der Waals surface area contributed by atoms with Crippen LogP contribution in [0.2, 0.25) is 5.02 Å². The second-order valence-corrected chi connectivity index (χ2v) is 5.05. The highest BCUT2D eigenvalue weighted by Crippen LogP contribution is 2.23. The molecule has 2 rings (SSSR count). The molecule has 4 nitrogen and oxygen atoms in total. The van der Waals surface area contributed by atoms with E-state index >= 15 is 0 Å². The van der Waals surface area contributed by atoms with E-state index in [9.17, 15) is 4.79 Å². The number of methoxy groups -OCH3 is 1. The predicted octanol–water partition coefficient (Wildman–Crippen LogP) is 2.19. The van der Waals surface area contributed by atoms with E-state index in [2.05, 4.69) is 0 Å². The number of pyridine rings is 1. The van der Waals surface area contributed by atoms with E-state index in [4.69, 9.17) is 34.3 Å². The van der Waals surface area contributed by atoms with Gasteiger partial charge in [0.1, 0.15) is 10.7 Å². The summed E-state index contributed by atoms with van der Waals surface area (Å²) in [6, 6.07) is 8.60. The quantitative estimate of drug-likeness (QED) is 0.880. The highest BCUT2D eigenvalue weighted by Gasteiger charge is 2.09. The summed E-state index contributed by atoms with van der Waals surface area (Å²) in [5.74, 6) is 0.669. The van der Waals surface area contributed by atoms with Crippen LogP contribution in [-0.2, 0) is 6.54 Å². The van der Waals surface area contributed by atoms with Crippen LogP contribution in [0.1, 0.15) is 11.1 Å². The van der Waals surface area contributed by atoms with E-state index in [1.54, 1.807) is 43.6 Å². The zero-order chi connectivity index (χ0) is 14.7. The van der Waals surface area contributed by atoms with Crippen LogP contribution in [0.4, 0.5) is 0 Å². The molecule has 0 spiro atoms. The Hall–Kier alpha value is -1.85. The summed E-state index contributed by atoms with van der Waals surface area (Å²) >= 11 is 10.8. The Morgan fingerprint density at radius 3 is 2.85 bits per heavy atom. The SMILES string of the molecule is COc1ccc(Cl)cc1Cn1cccc(C(N)=S)c1=O. The Morgan fingerprint density at radius 1 is 1.45 bits per heavy atom. The van der Waals surface area contributed by atoms with Crippen molar-refractivity contribution in [3.05, 3.63) is 63.0 Å². The number of nitrogens with two attached hydrogens (primary N) is 1. The highest BCUT2D eigenvalue weighted by molar-refractivity contribution is 7.80. The molecule has 0 saturated carbocycles. The molecule has 0 bridgehead atoms. The number of rotatable bonds is 4. The monoisotopic (exact) mass is 308 g/mol. The van der Waals surface area contributed by atoms with Gasteiger partial charge >= 0.3 is 0 Å². The second-order valence-electron chi connectivity index (χ2n) is 4.18. The molecule has 0 unspecified atom stereocenters. The molecule has 0 amide bonds. The molecule has 0 aliphatic carbocycles. The van der Waals surface area contributed by atoms with E-state index in [-0.39, 0.29) is 10.5 Å². The molecular formula is C14H13ClN2O2S. The van der Waals surface area contributed by atoms with Crippen LogP contribution in [0, 0.1) is 0 Å². The molecule has 0 radical (unpaired) electrons. The van der Waals surface area contributed by atoms with Gasteiger partial charge in [-0.2, -0.15) is 0 Å². The van der Waals surface area contributed by atoms with Crippen molar-refractivity contribution in [3.63, 3.8) is 0 Å². The number of benzene rings is 1. The lowest BCUT2D eigenvalue weighted by Crippen LogP contribution is -2.28. The van der Waals surface area contributed by atoms with E-state index in [1.807, 2.05) is 0 Å². The zero-order valence-electron chi connectivity index (χ0n) is 10.8. The summed E-state index contributed by atoms with van der Waals surface area (Å²) in [5.41, 5.74) is 6.43. The molecule has 0 atom stereocenters. The maximum Gasteiger partial charge on any atom is 0.261 e. The van der Waals surface area contributed by atoms with Crippen LogP contribution in [0.15, 0.2) is 41.3 Å².